The van der Waals surface area contributed by atoms with E-state index < -0.39 is 11.4 Å². The van der Waals surface area contributed by atoms with E-state index in [1.807, 2.05) is 18.2 Å². The molecule has 1 atom stereocenters. The molecule has 4 heteroatoms. The van der Waals surface area contributed by atoms with E-state index >= 15 is 0 Å². The maximum atomic E-state index is 10.8. The van der Waals surface area contributed by atoms with Crippen molar-refractivity contribution in [2.75, 3.05) is 19.8 Å². The standard InChI is InChI=1S/C16H23NO3/c18-15(13-17-11-14-5-2-1-3-6-14)7-4-8-16(12-15)19-9-10-20-16/h1-3,5-6,17-18H,4,7-13H2. The summed E-state index contributed by atoms with van der Waals surface area (Å²) in [5.74, 6) is -0.526. The molecule has 0 aromatic heterocycles. The van der Waals surface area contributed by atoms with E-state index in [1.165, 1.54) is 5.56 Å². The molecule has 0 radical (unpaired) electrons. The molecule has 110 valence electrons. The number of aliphatic hydroxyl groups is 1. The van der Waals surface area contributed by atoms with Crippen LogP contribution in [0.25, 0.3) is 0 Å². The summed E-state index contributed by atoms with van der Waals surface area (Å²) in [6.45, 7) is 2.65. The van der Waals surface area contributed by atoms with Crippen molar-refractivity contribution in [3.63, 3.8) is 0 Å². The molecule has 3 rings (SSSR count). The lowest BCUT2D eigenvalue weighted by Crippen LogP contribution is -2.51. The van der Waals surface area contributed by atoms with Gasteiger partial charge in [-0.05, 0) is 18.4 Å². The molecular weight excluding hydrogens is 254 g/mol. The van der Waals surface area contributed by atoms with Gasteiger partial charge in [0.05, 0.1) is 18.8 Å². The van der Waals surface area contributed by atoms with Gasteiger partial charge in [0.15, 0.2) is 5.79 Å². The summed E-state index contributed by atoms with van der Waals surface area (Å²) in [6.07, 6.45) is 3.22. The average Bonchev–Trinajstić information content (AvgIpc) is 2.87. The second-order valence-electron chi connectivity index (χ2n) is 5.95. The molecule has 2 aliphatic rings. The van der Waals surface area contributed by atoms with Gasteiger partial charge in [-0.25, -0.2) is 0 Å². The van der Waals surface area contributed by atoms with Gasteiger partial charge in [0.2, 0.25) is 0 Å². The lowest BCUT2D eigenvalue weighted by molar-refractivity contribution is -0.216. The largest absolute Gasteiger partial charge is 0.388 e. The zero-order chi connectivity index (χ0) is 13.9. The molecule has 1 spiro atoms. The molecule has 1 heterocycles. The third-order valence-corrected chi connectivity index (χ3v) is 4.24. The van der Waals surface area contributed by atoms with Crippen LogP contribution in [0.3, 0.4) is 0 Å². The first-order valence-corrected chi connectivity index (χ1v) is 7.45. The van der Waals surface area contributed by atoms with E-state index in [0.29, 0.717) is 26.2 Å². The molecule has 1 aromatic carbocycles. The van der Waals surface area contributed by atoms with Crippen LogP contribution in [0.5, 0.6) is 0 Å². The quantitative estimate of drug-likeness (QED) is 0.881. The lowest BCUT2D eigenvalue weighted by Gasteiger charge is -2.41. The van der Waals surface area contributed by atoms with Gasteiger partial charge in [0, 0.05) is 25.9 Å². The minimum atomic E-state index is -0.725. The molecule has 0 amide bonds. The van der Waals surface area contributed by atoms with E-state index in [-0.39, 0.29) is 0 Å². The van der Waals surface area contributed by atoms with Crippen LogP contribution in [0.1, 0.15) is 31.2 Å². The van der Waals surface area contributed by atoms with Crippen LogP contribution in [-0.2, 0) is 16.0 Å². The maximum Gasteiger partial charge on any atom is 0.171 e. The third-order valence-electron chi connectivity index (χ3n) is 4.24. The van der Waals surface area contributed by atoms with Gasteiger partial charge in [-0.1, -0.05) is 30.3 Å². The third kappa shape index (κ3) is 3.20. The molecule has 2 fully saturated rings. The molecule has 20 heavy (non-hydrogen) atoms. The second kappa shape index (κ2) is 5.82. The summed E-state index contributed by atoms with van der Waals surface area (Å²) in [7, 11) is 0. The number of ether oxygens (including phenoxy) is 2. The van der Waals surface area contributed by atoms with Crippen LogP contribution in [0, 0.1) is 0 Å². The summed E-state index contributed by atoms with van der Waals surface area (Å²) in [4.78, 5) is 0. The number of nitrogens with one attached hydrogen (secondary N) is 1. The van der Waals surface area contributed by atoms with Crippen LogP contribution in [0.4, 0.5) is 0 Å². The highest BCUT2D eigenvalue weighted by atomic mass is 16.7. The van der Waals surface area contributed by atoms with Crippen molar-refractivity contribution >= 4 is 0 Å². The SMILES string of the molecule is OC1(CNCc2ccccc2)CCCC2(C1)OCCO2. The molecular formula is C16H23NO3. The number of rotatable bonds is 4. The Morgan fingerprint density at radius 3 is 2.60 bits per heavy atom. The zero-order valence-electron chi connectivity index (χ0n) is 11.8. The van der Waals surface area contributed by atoms with E-state index in [9.17, 15) is 5.11 Å². The Labute approximate surface area is 120 Å². The molecule has 1 saturated heterocycles. The van der Waals surface area contributed by atoms with Crippen molar-refractivity contribution < 1.29 is 14.6 Å². The number of benzene rings is 1. The molecule has 1 aromatic rings. The average molecular weight is 277 g/mol. The predicted molar refractivity (Wildman–Crippen MR) is 76.2 cm³/mol. The highest BCUT2D eigenvalue weighted by Gasteiger charge is 2.47. The minimum Gasteiger partial charge on any atom is -0.388 e. The second-order valence-corrected chi connectivity index (χ2v) is 5.95. The molecule has 1 saturated carbocycles. The Morgan fingerprint density at radius 2 is 1.85 bits per heavy atom. The molecule has 1 unspecified atom stereocenters. The van der Waals surface area contributed by atoms with Crippen molar-refractivity contribution in [1.29, 1.82) is 0 Å². The van der Waals surface area contributed by atoms with Crippen molar-refractivity contribution in [3.8, 4) is 0 Å². The van der Waals surface area contributed by atoms with Crippen molar-refractivity contribution in [2.24, 2.45) is 0 Å². The Balaban J connectivity index is 1.53. The maximum absolute atomic E-state index is 10.8. The van der Waals surface area contributed by atoms with Gasteiger partial charge >= 0.3 is 0 Å². The number of hydrogen-bond donors (Lipinski definition) is 2. The minimum absolute atomic E-state index is 0.526. The Morgan fingerprint density at radius 1 is 1.10 bits per heavy atom. The fourth-order valence-electron chi connectivity index (χ4n) is 3.29. The van der Waals surface area contributed by atoms with Gasteiger partial charge in [0.25, 0.3) is 0 Å². The Hall–Kier alpha value is -0.940. The Kier molecular flexibility index (Phi) is 4.08. The van der Waals surface area contributed by atoms with Gasteiger partial charge in [-0.3, -0.25) is 0 Å². The van der Waals surface area contributed by atoms with E-state index in [2.05, 4.69) is 17.4 Å². The number of hydrogen-bond acceptors (Lipinski definition) is 4. The first-order valence-electron chi connectivity index (χ1n) is 7.45. The summed E-state index contributed by atoms with van der Waals surface area (Å²) in [5.41, 5.74) is 0.507. The Bertz CT molecular complexity index is 431. The fraction of sp³-hybridized carbons (Fsp3) is 0.625. The predicted octanol–water partition coefficient (Wildman–Crippen LogP) is 1.82. The molecule has 2 N–H and O–H groups in total. The highest BCUT2D eigenvalue weighted by Crippen LogP contribution is 2.40. The molecule has 1 aliphatic heterocycles. The normalized spacial score (nSPS) is 28.9. The van der Waals surface area contributed by atoms with Crippen LogP contribution >= 0.6 is 0 Å². The van der Waals surface area contributed by atoms with E-state index in [4.69, 9.17) is 9.47 Å². The lowest BCUT2D eigenvalue weighted by atomic mass is 9.80. The zero-order valence-corrected chi connectivity index (χ0v) is 11.8. The highest BCUT2D eigenvalue weighted by molar-refractivity contribution is 5.14. The van der Waals surface area contributed by atoms with Crippen LogP contribution < -0.4 is 5.32 Å². The molecule has 4 nitrogen and oxygen atoms in total. The van der Waals surface area contributed by atoms with Crippen molar-refractivity contribution in [1.82, 2.24) is 5.32 Å². The summed E-state index contributed by atoms with van der Waals surface area (Å²) < 4.78 is 11.5. The summed E-state index contributed by atoms with van der Waals surface area (Å²) >= 11 is 0. The first kappa shape index (κ1) is 14.0. The van der Waals surface area contributed by atoms with E-state index in [0.717, 1.165) is 25.8 Å². The first-order chi connectivity index (χ1) is 9.70. The summed E-state index contributed by atoms with van der Waals surface area (Å²) in [5, 5.41) is 14.1. The molecule has 0 bridgehead atoms. The monoisotopic (exact) mass is 277 g/mol. The smallest absolute Gasteiger partial charge is 0.171 e. The van der Waals surface area contributed by atoms with Gasteiger partial charge in [-0.15, -0.1) is 0 Å². The summed E-state index contributed by atoms with van der Waals surface area (Å²) in [6, 6.07) is 10.2. The van der Waals surface area contributed by atoms with Crippen LogP contribution in [-0.4, -0.2) is 36.3 Å². The van der Waals surface area contributed by atoms with Crippen LogP contribution in [0.15, 0.2) is 30.3 Å². The molecule has 1 aliphatic carbocycles. The topological polar surface area (TPSA) is 50.7 Å². The van der Waals surface area contributed by atoms with Gasteiger partial charge < -0.3 is 19.9 Å². The van der Waals surface area contributed by atoms with Crippen molar-refractivity contribution in [2.45, 2.75) is 43.6 Å². The van der Waals surface area contributed by atoms with Crippen LogP contribution in [0.2, 0.25) is 0 Å². The van der Waals surface area contributed by atoms with Gasteiger partial charge in [0.1, 0.15) is 0 Å². The van der Waals surface area contributed by atoms with Gasteiger partial charge in [-0.2, -0.15) is 0 Å². The fourth-order valence-corrected chi connectivity index (χ4v) is 3.29. The van der Waals surface area contributed by atoms with E-state index in [1.54, 1.807) is 0 Å². The van der Waals surface area contributed by atoms with Crippen molar-refractivity contribution in [3.05, 3.63) is 35.9 Å².